The number of unbranched alkanes of at least 4 members (excludes halogenated alkanes) is 1. The Balaban J connectivity index is 2.13. The fourth-order valence-electron chi connectivity index (χ4n) is 1.23. The summed E-state index contributed by atoms with van der Waals surface area (Å²) < 4.78 is 4.84. The van der Waals surface area contributed by atoms with Crippen molar-refractivity contribution >= 4 is 22.4 Å². The van der Waals surface area contributed by atoms with Crippen LogP contribution in [0.2, 0.25) is 0 Å². The van der Waals surface area contributed by atoms with E-state index in [1.54, 1.807) is 11.3 Å². The molecule has 1 aromatic heterocycles. The van der Waals surface area contributed by atoms with E-state index < -0.39 is 0 Å². The predicted octanol–water partition coefficient (Wildman–Crippen LogP) is 1.86. The molecule has 16 heavy (non-hydrogen) atoms. The van der Waals surface area contributed by atoms with Crippen LogP contribution in [0.3, 0.4) is 0 Å². The molecule has 1 rings (SSSR count). The highest BCUT2D eigenvalue weighted by Gasteiger charge is 2.04. The number of carbonyl (C=O) groups is 1. The molecule has 0 aliphatic carbocycles. The van der Waals surface area contributed by atoms with Crippen LogP contribution in [0.25, 0.3) is 0 Å². The van der Waals surface area contributed by atoms with Gasteiger partial charge in [-0.2, -0.15) is 0 Å². The van der Waals surface area contributed by atoms with E-state index in [0.29, 0.717) is 13.0 Å². The highest BCUT2D eigenvalue weighted by Crippen LogP contribution is 2.16. The Morgan fingerprint density at radius 3 is 2.88 bits per heavy atom. The van der Waals surface area contributed by atoms with E-state index in [1.165, 1.54) is 0 Å². The van der Waals surface area contributed by atoms with Gasteiger partial charge >= 0.3 is 5.97 Å². The first-order valence-corrected chi connectivity index (χ1v) is 6.23. The van der Waals surface area contributed by atoms with Gasteiger partial charge in [-0.15, -0.1) is 10.2 Å². The molecule has 6 heteroatoms. The summed E-state index contributed by atoms with van der Waals surface area (Å²) in [4.78, 5) is 11.0. The van der Waals surface area contributed by atoms with Gasteiger partial charge in [-0.05, 0) is 19.8 Å². The molecule has 0 aliphatic heterocycles. The van der Waals surface area contributed by atoms with Crippen molar-refractivity contribution in [3.63, 3.8) is 0 Å². The minimum Gasteiger partial charge on any atom is -0.466 e. The molecule has 0 amide bonds. The molecule has 0 fully saturated rings. The van der Waals surface area contributed by atoms with Crippen molar-refractivity contribution in [1.82, 2.24) is 10.2 Å². The van der Waals surface area contributed by atoms with Crippen LogP contribution in [0.4, 0.5) is 5.13 Å². The number of ether oxygens (including phenoxy) is 1. The lowest BCUT2D eigenvalue weighted by Gasteiger charge is -2.00. The van der Waals surface area contributed by atoms with Crippen LogP contribution in [-0.4, -0.2) is 29.8 Å². The summed E-state index contributed by atoms with van der Waals surface area (Å²) in [5.74, 6) is -0.115. The minimum atomic E-state index is -0.115. The quantitative estimate of drug-likeness (QED) is 0.585. The highest BCUT2D eigenvalue weighted by molar-refractivity contribution is 7.15. The summed E-state index contributed by atoms with van der Waals surface area (Å²) in [6.45, 7) is 2.28. The second-order valence-corrected chi connectivity index (χ2v) is 4.33. The number of aromatic nitrogens is 2. The second kappa shape index (κ2) is 7.16. The Morgan fingerprint density at radius 1 is 1.44 bits per heavy atom. The number of hydrogen-bond acceptors (Lipinski definition) is 6. The van der Waals surface area contributed by atoms with E-state index in [9.17, 15) is 4.79 Å². The number of hydrogen-bond donors (Lipinski definition) is 1. The highest BCUT2D eigenvalue weighted by atomic mass is 32.1. The zero-order valence-corrected chi connectivity index (χ0v) is 10.5. The molecule has 0 aromatic carbocycles. The number of nitrogens with zero attached hydrogens (tertiary/aromatic N) is 2. The van der Waals surface area contributed by atoms with E-state index in [4.69, 9.17) is 4.74 Å². The first-order chi connectivity index (χ1) is 7.76. The van der Waals surface area contributed by atoms with Crippen molar-refractivity contribution in [2.45, 2.75) is 32.6 Å². The van der Waals surface area contributed by atoms with Crippen molar-refractivity contribution in [3.8, 4) is 0 Å². The largest absolute Gasteiger partial charge is 0.466 e. The van der Waals surface area contributed by atoms with Crippen LogP contribution in [-0.2, 0) is 16.0 Å². The van der Waals surface area contributed by atoms with Crippen LogP contribution >= 0.6 is 11.3 Å². The van der Waals surface area contributed by atoms with Gasteiger partial charge in [-0.1, -0.05) is 11.3 Å². The molecule has 1 N–H and O–H groups in total. The Morgan fingerprint density at radius 2 is 2.25 bits per heavy atom. The van der Waals surface area contributed by atoms with Crippen LogP contribution in [0.1, 0.15) is 31.2 Å². The fourth-order valence-corrected chi connectivity index (χ4v) is 1.97. The van der Waals surface area contributed by atoms with Gasteiger partial charge in [0.05, 0.1) is 6.61 Å². The molecule has 0 unspecified atom stereocenters. The molecule has 0 aliphatic rings. The molecular weight excluding hydrogens is 226 g/mol. The zero-order chi connectivity index (χ0) is 11.8. The number of nitrogens with one attached hydrogen (secondary N) is 1. The van der Waals surface area contributed by atoms with Gasteiger partial charge in [-0.3, -0.25) is 4.79 Å². The molecule has 1 heterocycles. The van der Waals surface area contributed by atoms with Gasteiger partial charge < -0.3 is 10.1 Å². The lowest BCUT2D eigenvalue weighted by Crippen LogP contribution is -2.03. The summed E-state index contributed by atoms with van der Waals surface area (Å²) in [7, 11) is 1.82. The topological polar surface area (TPSA) is 64.1 Å². The molecule has 90 valence electrons. The Bertz CT molecular complexity index is 328. The first-order valence-electron chi connectivity index (χ1n) is 5.42. The smallest absolute Gasteiger partial charge is 0.305 e. The van der Waals surface area contributed by atoms with E-state index in [2.05, 4.69) is 15.5 Å². The number of aryl methyl sites for hydroxylation is 1. The van der Waals surface area contributed by atoms with Crippen LogP contribution in [0.15, 0.2) is 0 Å². The molecule has 0 spiro atoms. The lowest BCUT2D eigenvalue weighted by molar-refractivity contribution is -0.143. The standard InChI is InChI=1S/C10H17N3O2S/c1-3-15-9(14)7-5-4-6-8-12-13-10(11-2)16-8/h3-7H2,1-2H3,(H,11,13). The van der Waals surface area contributed by atoms with E-state index in [0.717, 1.165) is 29.4 Å². The molecule has 0 atom stereocenters. The zero-order valence-electron chi connectivity index (χ0n) is 9.65. The third kappa shape index (κ3) is 4.57. The van der Waals surface area contributed by atoms with Crippen molar-refractivity contribution in [3.05, 3.63) is 5.01 Å². The van der Waals surface area contributed by atoms with Crippen LogP contribution in [0, 0.1) is 0 Å². The van der Waals surface area contributed by atoms with E-state index >= 15 is 0 Å². The average Bonchev–Trinajstić information content (AvgIpc) is 2.73. The predicted molar refractivity (Wildman–Crippen MR) is 63.6 cm³/mol. The number of carbonyl (C=O) groups excluding carboxylic acids is 1. The lowest BCUT2D eigenvalue weighted by atomic mass is 10.2. The third-order valence-corrected chi connectivity index (χ3v) is 3.01. The third-order valence-electron chi connectivity index (χ3n) is 2.01. The maximum atomic E-state index is 11.0. The number of anilines is 1. The number of esters is 1. The second-order valence-electron chi connectivity index (χ2n) is 3.26. The van der Waals surface area contributed by atoms with Gasteiger partial charge in [0.25, 0.3) is 0 Å². The normalized spacial score (nSPS) is 10.1. The van der Waals surface area contributed by atoms with Gasteiger partial charge in [0.15, 0.2) is 0 Å². The van der Waals surface area contributed by atoms with Crippen molar-refractivity contribution in [2.75, 3.05) is 19.0 Å². The van der Waals surface area contributed by atoms with Crippen molar-refractivity contribution in [1.29, 1.82) is 0 Å². The van der Waals surface area contributed by atoms with E-state index in [1.807, 2.05) is 14.0 Å². The first kappa shape index (κ1) is 12.9. The molecule has 0 radical (unpaired) electrons. The average molecular weight is 243 g/mol. The summed E-state index contributed by atoms with van der Waals surface area (Å²) >= 11 is 1.55. The molecule has 0 saturated carbocycles. The van der Waals surface area contributed by atoms with E-state index in [-0.39, 0.29) is 5.97 Å². The summed E-state index contributed by atoms with van der Waals surface area (Å²) in [5.41, 5.74) is 0. The van der Waals surface area contributed by atoms with Crippen molar-refractivity contribution < 1.29 is 9.53 Å². The summed E-state index contributed by atoms with van der Waals surface area (Å²) in [5, 5.41) is 12.8. The summed E-state index contributed by atoms with van der Waals surface area (Å²) in [6.07, 6.45) is 3.15. The summed E-state index contributed by atoms with van der Waals surface area (Å²) in [6, 6.07) is 0. The van der Waals surface area contributed by atoms with Gasteiger partial charge in [-0.25, -0.2) is 0 Å². The van der Waals surface area contributed by atoms with Crippen LogP contribution < -0.4 is 5.32 Å². The maximum Gasteiger partial charge on any atom is 0.305 e. The SMILES string of the molecule is CCOC(=O)CCCCc1nnc(NC)s1. The monoisotopic (exact) mass is 243 g/mol. The molecule has 0 saturated heterocycles. The maximum absolute atomic E-state index is 11.0. The minimum absolute atomic E-state index is 0.115. The molecular formula is C10H17N3O2S. The Hall–Kier alpha value is -1.17. The Kier molecular flexibility index (Phi) is 5.77. The number of rotatable bonds is 7. The molecule has 1 aromatic rings. The van der Waals surface area contributed by atoms with Gasteiger partial charge in [0.2, 0.25) is 5.13 Å². The molecule has 5 nitrogen and oxygen atoms in total. The van der Waals surface area contributed by atoms with Gasteiger partial charge in [0.1, 0.15) is 5.01 Å². The molecule has 0 bridgehead atoms. The van der Waals surface area contributed by atoms with Crippen molar-refractivity contribution in [2.24, 2.45) is 0 Å². The Labute approximate surface area is 99.2 Å². The fraction of sp³-hybridized carbons (Fsp3) is 0.700. The van der Waals surface area contributed by atoms with Gasteiger partial charge in [0, 0.05) is 19.9 Å². The van der Waals surface area contributed by atoms with Crippen LogP contribution in [0.5, 0.6) is 0 Å².